The lowest BCUT2D eigenvalue weighted by atomic mass is 9.93. The first kappa shape index (κ1) is 27.0. The van der Waals surface area contributed by atoms with Gasteiger partial charge in [-0.25, -0.2) is 4.68 Å². The molecule has 0 atom stereocenters. The maximum Gasteiger partial charge on any atom is 0.311 e. The highest BCUT2D eigenvalue weighted by molar-refractivity contribution is 6.19. The number of rotatable bonds is 9. The quantitative estimate of drug-likeness (QED) is 0.162. The van der Waals surface area contributed by atoms with Crippen LogP contribution < -0.4 is 4.74 Å². The van der Waals surface area contributed by atoms with Gasteiger partial charge < -0.3 is 4.74 Å². The molecule has 4 rings (SSSR count). The zero-order valence-electron chi connectivity index (χ0n) is 21.9. The molecule has 0 radical (unpaired) electrons. The monoisotopic (exact) mass is 525 g/mol. The molecule has 0 saturated heterocycles. The van der Waals surface area contributed by atoms with Gasteiger partial charge in [-0.05, 0) is 56.2 Å². The molecule has 0 N–H and O–H groups in total. The first-order valence-corrected chi connectivity index (χ1v) is 12.6. The Morgan fingerprint density at radius 2 is 1.87 bits per heavy atom. The van der Waals surface area contributed by atoms with E-state index in [1.165, 1.54) is 12.1 Å². The minimum absolute atomic E-state index is 0.0920. The van der Waals surface area contributed by atoms with Gasteiger partial charge in [0.25, 0.3) is 11.8 Å². The topological polar surface area (TPSA) is 131 Å². The zero-order valence-corrected chi connectivity index (χ0v) is 21.9. The molecule has 1 aliphatic rings. The van der Waals surface area contributed by atoms with Crippen LogP contribution >= 0.6 is 0 Å². The second-order valence-corrected chi connectivity index (χ2v) is 8.87. The number of nitro groups is 1. The van der Waals surface area contributed by atoms with E-state index in [2.05, 4.69) is 0 Å². The number of para-hydroxylation sites is 1. The van der Waals surface area contributed by atoms with E-state index in [4.69, 9.17) is 9.84 Å². The van der Waals surface area contributed by atoms with E-state index in [0.717, 1.165) is 17.0 Å². The number of nitro benzene ring substituents is 1. The van der Waals surface area contributed by atoms with Gasteiger partial charge in [0.15, 0.2) is 5.75 Å². The Balaban J connectivity index is 1.93. The molecule has 10 nitrogen and oxygen atoms in total. The van der Waals surface area contributed by atoms with Crippen molar-refractivity contribution < 1.29 is 19.2 Å². The number of hydrogen-bond acceptors (Lipinski definition) is 7. The molecule has 1 aromatic heterocycles. The molecular weight excluding hydrogens is 498 g/mol. The fraction of sp³-hybridized carbons (Fsp3) is 0.241. The highest BCUT2D eigenvalue weighted by Gasteiger charge is 2.35. The maximum atomic E-state index is 13.5. The molecule has 0 fully saturated rings. The lowest BCUT2D eigenvalue weighted by molar-refractivity contribution is -0.385. The second-order valence-electron chi connectivity index (χ2n) is 8.87. The average molecular weight is 526 g/mol. The molecule has 1 aliphatic heterocycles. The van der Waals surface area contributed by atoms with Gasteiger partial charge >= 0.3 is 5.69 Å². The van der Waals surface area contributed by atoms with Gasteiger partial charge in [0.2, 0.25) is 0 Å². The third-order valence-corrected chi connectivity index (χ3v) is 6.35. The van der Waals surface area contributed by atoms with E-state index in [0.29, 0.717) is 23.2 Å². The number of amides is 2. The molecule has 0 saturated carbocycles. The van der Waals surface area contributed by atoms with Crippen LogP contribution in [-0.4, -0.2) is 44.6 Å². The molecule has 3 aromatic rings. The molecule has 2 amide bonds. The lowest BCUT2D eigenvalue weighted by Gasteiger charge is -2.27. The highest BCUT2D eigenvalue weighted by Crippen LogP contribution is 2.35. The normalized spacial score (nSPS) is 14.6. The predicted molar refractivity (Wildman–Crippen MR) is 145 cm³/mol. The van der Waals surface area contributed by atoms with Crippen LogP contribution in [0.4, 0.5) is 5.69 Å². The van der Waals surface area contributed by atoms with Crippen LogP contribution in [0, 0.1) is 21.4 Å². The Bertz CT molecular complexity index is 1550. The van der Waals surface area contributed by atoms with Crippen molar-refractivity contribution in [3.05, 3.63) is 87.1 Å². The van der Waals surface area contributed by atoms with E-state index in [9.17, 15) is 25.0 Å². The van der Waals surface area contributed by atoms with Crippen molar-refractivity contribution in [1.82, 2.24) is 14.7 Å². The maximum absolute atomic E-state index is 13.5. The highest BCUT2D eigenvalue weighted by atomic mass is 16.6. The Morgan fingerprint density at radius 3 is 2.51 bits per heavy atom. The lowest BCUT2D eigenvalue weighted by Crippen LogP contribution is -2.43. The van der Waals surface area contributed by atoms with Crippen LogP contribution in [0.1, 0.15) is 39.2 Å². The van der Waals surface area contributed by atoms with Gasteiger partial charge in [0, 0.05) is 35.5 Å². The van der Waals surface area contributed by atoms with E-state index in [-0.39, 0.29) is 41.3 Å². The number of aromatic nitrogens is 2. The number of imide groups is 1. The van der Waals surface area contributed by atoms with Crippen LogP contribution in [0.5, 0.6) is 5.75 Å². The number of nitrogens with zero attached hydrogens (tertiary/aromatic N) is 5. The molecule has 198 valence electrons. The van der Waals surface area contributed by atoms with Gasteiger partial charge in [-0.2, -0.15) is 10.4 Å². The zero-order chi connectivity index (χ0) is 28.1. The summed E-state index contributed by atoms with van der Waals surface area (Å²) < 4.78 is 7.04. The van der Waals surface area contributed by atoms with Crippen molar-refractivity contribution in [1.29, 1.82) is 5.26 Å². The number of benzene rings is 2. The third kappa shape index (κ3) is 5.33. The molecule has 0 aliphatic carbocycles. The first-order valence-electron chi connectivity index (χ1n) is 12.6. The van der Waals surface area contributed by atoms with Crippen molar-refractivity contribution in [2.24, 2.45) is 0 Å². The Labute approximate surface area is 225 Å². The van der Waals surface area contributed by atoms with Gasteiger partial charge in [0.05, 0.1) is 17.2 Å². The molecule has 2 heterocycles. The number of unbranched alkanes of at least 4 members (excludes halogenated alkanes) is 1. The number of nitriles is 1. The van der Waals surface area contributed by atoms with E-state index in [1.807, 2.05) is 43.3 Å². The molecule has 0 bridgehead atoms. The van der Waals surface area contributed by atoms with Crippen LogP contribution in [0.2, 0.25) is 0 Å². The number of carbonyl (C=O) groups excluding carboxylic acids is 2. The van der Waals surface area contributed by atoms with E-state index in [1.54, 1.807) is 36.9 Å². The Hall–Kier alpha value is -5.04. The molecule has 2 aromatic carbocycles. The average Bonchev–Trinajstić information content (AvgIpc) is 3.36. The summed E-state index contributed by atoms with van der Waals surface area (Å²) in [7, 11) is 0. The van der Waals surface area contributed by atoms with E-state index >= 15 is 0 Å². The molecular formula is C29H27N5O5. The Morgan fingerprint density at radius 1 is 1.13 bits per heavy atom. The van der Waals surface area contributed by atoms with Gasteiger partial charge in [-0.3, -0.25) is 24.6 Å². The third-order valence-electron chi connectivity index (χ3n) is 6.35. The van der Waals surface area contributed by atoms with Crippen molar-refractivity contribution in [2.45, 2.75) is 33.6 Å². The number of ether oxygens (including phenoxy) is 1. The Kier molecular flexibility index (Phi) is 8.01. The summed E-state index contributed by atoms with van der Waals surface area (Å²) in [5.74, 6) is -0.965. The number of hydrogen-bond donors (Lipinski definition) is 0. The number of carbonyl (C=O) groups is 2. The summed E-state index contributed by atoms with van der Waals surface area (Å²) in [6.07, 6.45) is 4.67. The van der Waals surface area contributed by atoms with Crippen LogP contribution in [0.25, 0.3) is 23.0 Å². The van der Waals surface area contributed by atoms with Gasteiger partial charge in [-0.1, -0.05) is 31.5 Å². The van der Waals surface area contributed by atoms with Crippen LogP contribution in [0.3, 0.4) is 0 Å². The fourth-order valence-electron chi connectivity index (χ4n) is 4.32. The molecule has 0 unspecified atom stereocenters. The molecule has 0 spiro atoms. The van der Waals surface area contributed by atoms with Crippen molar-refractivity contribution in [3.8, 4) is 28.8 Å². The summed E-state index contributed by atoms with van der Waals surface area (Å²) in [5, 5.41) is 26.2. The predicted octanol–water partition coefficient (Wildman–Crippen LogP) is 5.24. The van der Waals surface area contributed by atoms with Crippen LogP contribution in [0.15, 0.2) is 71.4 Å². The first-order chi connectivity index (χ1) is 18.8. The molecule has 39 heavy (non-hydrogen) atoms. The van der Waals surface area contributed by atoms with Gasteiger partial charge in [0.1, 0.15) is 17.3 Å². The minimum atomic E-state index is -0.604. The SMILES string of the molecule is CCCCN1C(=O)C(C#N)=C(C)/C(=C\c2cn(-c3ccccc3)nc2-c2ccc(OCC)c([N+](=O)[O-])c2)C1=O. The van der Waals surface area contributed by atoms with Crippen molar-refractivity contribution in [3.63, 3.8) is 0 Å². The summed E-state index contributed by atoms with van der Waals surface area (Å²) in [6.45, 7) is 5.72. The van der Waals surface area contributed by atoms with E-state index < -0.39 is 16.7 Å². The van der Waals surface area contributed by atoms with Crippen molar-refractivity contribution in [2.75, 3.05) is 13.2 Å². The smallest absolute Gasteiger partial charge is 0.311 e. The van der Waals surface area contributed by atoms with Crippen LogP contribution in [-0.2, 0) is 9.59 Å². The summed E-state index contributed by atoms with van der Waals surface area (Å²) in [4.78, 5) is 38.7. The fourth-order valence-corrected chi connectivity index (χ4v) is 4.32. The van der Waals surface area contributed by atoms with Crippen molar-refractivity contribution >= 4 is 23.6 Å². The standard InChI is InChI=1S/C29H27N5O5/c1-4-6-14-32-28(35)23(19(3)24(17-30)29(32)36)15-21-18-33(22-10-8-7-9-11-22)31-27(21)20-12-13-26(39-5-2)25(16-20)34(37)38/h7-13,15-16,18H,4-6,14H2,1-3H3/b23-15+. The summed E-state index contributed by atoms with van der Waals surface area (Å²) in [5.41, 5.74) is 2.21. The largest absolute Gasteiger partial charge is 0.487 e. The summed E-state index contributed by atoms with van der Waals surface area (Å²) >= 11 is 0. The summed E-state index contributed by atoms with van der Waals surface area (Å²) in [6, 6.07) is 15.8. The second kappa shape index (κ2) is 11.6. The minimum Gasteiger partial charge on any atom is -0.487 e. The van der Waals surface area contributed by atoms with Gasteiger partial charge in [-0.15, -0.1) is 0 Å². The molecule has 10 heteroatoms.